The summed E-state index contributed by atoms with van der Waals surface area (Å²) in [6.45, 7) is 2.04. The van der Waals surface area contributed by atoms with Crippen LogP contribution in [0, 0.1) is 0 Å². The second-order valence-corrected chi connectivity index (χ2v) is 5.73. The Hall–Kier alpha value is -3.28. The number of rotatable bonds is 6. The number of carbonyl (C=O) groups excluding carboxylic acids is 2. The summed E-state index contributed by atoms with van der Waals surface area (Å²) in [6.07, 6.45) is 2.05. The fourth-order valence-electron chi connectivity index (χ4n) is 2.38. The van der Waals surface area contributed by atoms with Crippen LogP contribution in [0.25, 0.3) is 6.08 Å². The molecule has 1 atom stereocenters. The molecule has 1 aliphatic heterocycles. The number of carbonyl (C=O) groups is 2. The van der Waals surface area contributed by atoms with Crippen LogP contribution in [0.4, 0.5) is 0 Å². The van der Waals surface area contributed by atoms with Gasteiger partial charge in [0.1, 0.15) is 0 Å². The highest BCUT2D eigenvalue weighted by molar-refractivity contribution is 5.90. The van der Waals surface area contributed by atoms with Crippen molar-refractivity contribution >= 4 is 18.0 Å². The van der Waals surface area contributed by atoms with Crippen LogP contribution in [0.5, 0.6) is 11.5 Å². The van der Waals surface area contributed by atoms with Gasteiger partial charge in [-0.3, -0.25) is 4.79 Å². The number of amides is 1. The van der Waals surface area contributed by atoms with Crippen LogP contribution in [0.15, 0.2) is 54.6 Å². The van der Waals surface area contributed by atoms with Crippen LogP contribution in [0.1, 0.15) is 18.1 Å². The first-order valence-electron chi connectivity index (χ1n) is 8.22. The molecular formula is C20H19NO5. The van der Waals surface area contributed by atoms with Crippen molar-refractivity contribution in [3.05, 3.63) is 65.7 Å². The van der Waals surface area contributed by atoms with Gasteiger partial charge in [-0.2, -0.15) is 0 Å². The monoisotopic (exact) mass is 353 g/mol. The maximum atomic E-state index is 12.1. The van der Waals surface area contributed by atoms with Gasteiger partial charge in [-0.1, -0.05) is 36.4 Å². The van der Waals surface area contributed by atoms with E-state index in [0.29, 0.717) is 18.0 Å². The van der Waals surface area contributed by atoms with Gasteiger partial charge in [0.2, 0.25) is 6.79 Å². The van der Waals surface area contributed by atoms with Crippen molar-refractivity contribution in [2.75, 3.05) is 6.79 Å². The van der Waals surface area contributed by atoms with Crippen LogP contribution in [0.2, 0.25) is 0 Å². The highest BCUT2D eigenvalue weighted by atomic mass is 16.7. The van der Waals surface area contributed by atoms with E-state index in [4.69, 9.17) is 14.2 Å². The minimum absolute atomic E-state index is 0.203. The Morgan fingerprint density at radius 1 is 1.15 bits per heavy atom. The molecule has 2 aromatic carbocycles. The van der Waals surface area contributed by atoms with Gasteiger partial charge in [0.15, 0.2) is 17.6 Å². The van der Waals surface area contributed by atoms with Gasteiger partial charge in [0.05, 0.1) is 0 Å². The lowest BCUT2D eigenvalue weighted by Gasteiger charge is -2.12. The van der Waals surface area contributed by atoms with Crippen molar-refractivity contribution in [2.24, 2.45) is 0 Å². The molecule has 0 saturated heterocycles. The van der Waals surface area contributed by atoms with Crippen molar-refractivity contribution in [1.29, 1.82) is 0 Å². The number of fused-ring (bicyclic) bond motifs is 1. The molecule has 0 radical (unpaired) electrons. The predicted octanol–water partition coefficient (Wildman–Crippen LogP) is 2.68. The molecule has 2 aromatic rings. The fourth-order valence-corrected chi connectivity index (χ4v) is 2.38. The van der Waals surface area contributed by atoms with E-state index in [1.54, 1.807) is 12.1 Å². The Morgan fingerprint density at radius 2 is 1.92 bits per heavy atom. The minimum atomic E-state index is -0.892. The zero-order valence-corrected chi connectivity index (χ0v) is 14.3. The van der Waals surface area contributed by atoms with E-state index in [1.807, 2.05) is 42.5 Å². The van der Waals surface area contributed by atoms with Gasteiger partial charge in [-0.15, -0.1) is 0 Å². The molecular weight excluding hydrogens is 334 g/mol. The lowest BCUT2D eigenvalue weighted by Crippen LogP contribution is -2.35. The number of hydrogen-bond acceptors (Lipinski definition) is 5. The normalized spacial score (nSPS) is 13.4. The summed E-state index contributed by atoms with van der Waals surface area (Å²) in [5.74, 6) is 0.401. The molecule has 1 heterocycles. The first kappa shape index (κ1) is 17.5. The second kappa shape index (κ2) is 8.20. The van der Waals surface area contributed by atoms with E-state index in [2.05, 4.69) is 5.32 Å². The SMILES string of the molecule is CC(OC(=O)C=Cc1ccccc1)C(=O)NCc1ccc2c(c1)OCO2. The second-order valence-electron chi connectivity index (χ2n) is 5.73. The van der Waals surface area contributed by atoms with Crippen LogP contribution in [0.3, 0.4) is 0 Å². The molecule has 1 N–H and O–H groups in total. The highest BCUT2D eigenvalue weighted by Crippen LogP contribution is 2.32. The fraction of sp³-hybridized carbons (Fsp3) is 0.200. The zero-order valence-electron chi connectivity index (χ0n) is 14.3. The average Bonchev–Trinajstić information content (AvgIpc) is 3.13. The first-order valence-corrected chi connectivity index (χ1v) is 8.22. The number of hydrogen-bond donors (Lipinski definition) is 1. The molecule has 0 fully saturated rings. The maximum Gasteiger partial charge on any atom is 0.331 e. The van der Waals surface area contributed by atoms with Crippen molar-refractivity contribution in [2.45, 2.75) is 19.6 Å². The highest BCUT2D eigenvalue weighted by Gasteiger charge is 2.17. The minimum Gasteiger partial charge on any atom is -0.454 e. The Labute approximate surface area is 151 Å². The Bertz CT molecular complexity index is 816. The van der Waals surface area contributed by atoms with Gasteiger partial charge in [0, 0.05) is 12.6 Å². The molecule has 0 aliphatic carbocycles. The molecule has 0 saturated carbocycles. The summed E-state index contributed by atoms with van der Waals surface area (Å²) >= 11 is 0. The average molecular weight is 353 g/mol. The van der Waals surface area contributed by atoms with E-state index >= 15 is 0 Å². The topological polar surface area (TPSA) is 73.9 Å². The molecule has 0 spiro atoms. The van der Waals surface area contributed by atoms with E-state index in [1.165, 1.54) is 13.0 Å². The number of esters is 1. The third-order valence-electron chi connectivity index (χ3n) is 3.78. The van der Waals surface area contributed by atoms with E-state index < -0.39 is 12.1 Å². The smallest absolute Gasteiger partial charge is 0.331 e. The number of ether oxygens (including phenoxy) is 3. The van der Waals surface area contributed by atoms with E-state index in [9.17, 15) is 9.59 Å². The van der Waals surface area contributed by atoms with Gasteiger partial charge in [0.25, 0.3) is 5.91 Å². The Morgan fingerprint density at radius 3 is 2.73 bits per heavy atom. The molecule has 0 bridgehead atoms. The number of benzene rings is 2. The molecule has 1 amide bonds. The molecule has 134 valence electrons. The third-order valence-corrected chi connectivity index (χ3v) is 3.78. The largest absolute Gasteiger partial charge is 0.454 e. The molecule has 6 heteroatoms. The standard InChI is InChI=1S/C20H19NO5/c1-14(26-19(22)10-8-15-5-3-2-4-6-15)20(23)21-12-16-7-9-17-18(11-16)25-13-24-17/h2-11,14H,12-13H2,1H3,(H,21,23). The lowest BCUT2D eigenvalue weighted by atomic mass is 10.2. The van der Waals surface area contributed by atoms with Crippen molar-refractivity contribution < 1.29 is 23.8 Å². The summed E-state index contributed by atoms with van der Waals surface area (Å²) in [5, 5.41) is 2.73. The molecule has 0 aromatic heterocycles. The predicted molar refractivity (Wildman–Crippen MR) is 95.4 cm³/mol. The molecule has 1 aliphatic rings. The number of nitrogens with one attached hydrogen (secondary N) is 1. The first-order chi connectivity index (χ1) is 12.6. The summed E-state index contributed by atoms with van der Waals surface area (Å²) in [7, 11) is 0. The maximum absolute atomic E-state index is 12.1. The van der Waals surface area contributed by atoms with Crippen LogP contribution in [-0.4, -0.2) is 24.8 Å². The van der Waals surface area contributed by atoms with Crippen molar-refractivity contribution in [3.8, 4) is 11.5 Å². The third kappa shape index (κ3) is 4.63. The Balaban J connectivity index is 1.47. The quantitative estimate of drug-likeness (QED) is 0.638. The summed E-state index contributed by atoms with van der Waals surface area (Å²) in [6, 6.07) is 14.8. The van der Waals surface area contributed by atoms with Crippen LogP contribution >= 0.6 is 0 Å². The van der Waals surface area contributed by atoms with Gasteiger partial charge in [-0.25, -0.2) is 4.79 Å². The molecule has 1 unspecified atom stereocenters. The molecule has 3 rings (SSSR count). The van der Waals surface area contributed by atoms with E-state index in [0.717, 1.165) is 11.1 Å². The summed E-state index contributed by atoms with van der Waals surface area (Å²) in [4.78, 5) is 23.9. The van der Waals surface area contributed by atoms with Crippen molar-refractivity contribution in [1.82, 2.24) is 5.32 Å². The molecule has 26 heavy (non-hydrogen) atoms. The van der Waals surface area contributed by atoms with Gasteiger partial charge >= 0.3 is 5.97 Å². The zero-order chi connectivity index (χ0) is 18.4. The summed E-state index contributed by atoms with van der Waals surface area (Å²) < 4.78 is 15.7. The van der Waals surface area contributed by atoms with Crippen LogP contribution < -0.4 is 14.8 Å². The molecule has 6 nitrogen and oxygen atoms in total. The van der Waals surface area contributed by atoms with E-state index in [-0.39, 0.29) is 12.7 Å². The van der Waals surface area contributed by atoms with Gasteiger partial charge in [-0.05, 0) is 36.3 Å². The van der Waals surface area contributed by atoms with Crippen LogP contribution in [-0.2, 0) is 20.9 Å². The lowest BCUT2D eigenvalue weighted by molar-refractivity contribution is -0.150. The van der Waals surface area contributed by atoms with Gasteiger partial charge < -0.3 is 19.5 Å². The Kier molecular flexibility index (Phi) is 5.53. The van der Waals surface area contributed by atoms with Crippen molar-refractivity contribution in [3.63, 3.8) is 0 Å². The summed E-state index contributed by atoms with van der Waals surface area (Å²) in [5.41, 5.74) is 1.74.